The fraction of sp³-hybridized carbons (Fsp3) is 0.630. The molecule has 3 rings (SSSR count). The van der Waals surface area contributed by atoms with Gasteiger partial charge in [-0.05, 0) is 55.6 Å². The molecule has 1 saturated heterocycles. The number of fused-ring (bicyclic) bond motifs is 1. The number of nitrogens with zero attached hydrogens (tertiary/aromatic N) is 1. The second-order valence-electron chi connectivity index (χ2n) is 11.6. The summed E-state index contributed by atoms with van der Waals surface area (Å²) >= 11 is 0. The number of carboxylic acids is 1. The van der Waals surface area contributed by atoms with E-state index in [0.29, 0.717) is 19.4 Å². The third-order valence-electron chi connectivity index (χ3n) is 6.95. The van der Waals surface area contributed by atoms with E-state index in [1.165, 1.54) is 12.5 Å². The number of carboxylic acid groups (broad SMARTS) is 1. The monoisotopic (exact) mass is 620 g/mol. The van der Waals surface area contributed by atoms with Crippen molar-refractivity contribution in [1.82, 2.24) is 20.3 Å². The number of nitrogens with one attached hydrogen (secondary N) is 3. The van der Waals surface area contributed by atoms with Crippen LogP contribution in [0.5, 0.6) is 0 Å². The van der Waals surface area contributed by atoms with Gasteiger partial charge in [0.2, 0.25) is 27.7 Å². The number of hydrogen-bond donors (Lipinski definition) is 4. The van der Waals surface area contributed by atoms with Crippen molar-refractivity contribution in [2.24, 2.45) is 5.41 Å². The number of rotatable bonds is 7. The normalized spacial score (nSPS) is 20.3. The van der Waals surface area contributed by atoms with Crippen molar-refractivity contribution in [2.75, 3.05) is 12.8 Å². The van der Waals surface area contributed by atoms with E-state index in [-0.39, 0.29) is 17.9 Å². The van der Waals surface area contributed by atoms with Crippen molar-refractivity contribution < 1.29 is 45.9 Å². The van der Waals surface area contributed by atoms with Crippen LogP contribution in [0.1, 0.15) is 70.5 Å². The Morgan fingerprint density at radius 2 is 1.64 bits per heavy atom. The molecule has 2 aliphatic rings. The lowest BCUT2D eigenvalue weighted by Gasteiger charge is -2.36. The molecule has 3 amide bonds. The number of halogens is 3. The number of aryl methyl sites for hydroxylation is 1. The van der Waals surface area contributed by atoms with E-state index in [0.717, 1.165) is 31.1 Å². The van der Waals surface area contributed by atoms with Crippen LogP contribution in [0.3, 0.4) is 0 Å². The quantitative estimate of drug-likeness (QED) is 0.364. The minimum atomic E-state index is -5.08. The van der Waals surface area contributed by atoms with Gasteiger partial charge in [-0.2, -0.15) is 13.2 Å². The highest BCUT2D eigenvalue weighted by Gasteiger charge is 2.43. The van der Waals surface area contributed by atoms with Gasteiger partial charge in [-0.15, -0.1) is 0 Å². The predicted molar refractivity (Wildman–Crippen MR) is 148 cm³/mol. The molecule has 0 unspecified atom stereocenters. The van der Waals surface area contributed by atoms with Crippen molar-refractivity contribution in [3.05, 3.63) is 35.4 Å². The van der Waals surface area contributed by atoms with Crippen LogP contribution in [-0.2, 0) is 35.6 Å². The van der Waals surface area contributed by atoms with Crippen LogP contribution < -0.4 is 15.4 Å². The molecule has 0 radical (unpaired) electrons. The van der Waals surface area contributed by atoms with Crippen molar-refractivity contribution in [3.8, 4) is 0 Å². The van der Waals surface area contributed by atoms with E-state index in [1.54, 1.807) is 4.90 Å². The maximum Gasteiger partial charge on any atom is 0.490 e. The molecule has 42 heavy (non-hydrogen) atoms. The van der Waals surface area contributed by atoms with E-state index < -0.39 is 51.6 Å². The predicted octanol–water partition coefficient (Wildman–Crippen LogP) is 2.27. The minimum absolute atomic E-state index is 0.0777. The van der Waals surface area contributed by atoms with Crippen LogP contribution in [0.15, 0.2) is 24.3 Å². The summed E-state index contributed by atoms with van der Waals surface area (Å²) in [5, 5.41) is 13.0. The second kappa shape index (κ2) is 13.8. The zero-order valence-corrected chi connectivity index (χ0v) is 25.1. The first-order valence-corrected chi connectivity index (χ1v) is 15.4. The van der Waals surface area contributed by atoms with Crippen LogP contribution in [0, 0.1) is 5.41 Å². The van der Waals surface area contributed by atoms with Crippen LogP contribution >= 0.6 is 0 Å². The molecule has 1 fully saturated rings. The Bertz CT molecular complexity index is 1260. The Morgan fingerprint density at radius 1 is 1.05 bits per heavy atom. The molecule has 1 heterocycles. The Morgan fingerprint density at radius 3 is 2.19 bits per heavy atom. The van der Waals surface area contributed by atoms with E-state index >= 15 is 0 Å². The fourth-order valence-corrected chi connectivity index (χ4v) is 5.68. The van der Waals surface area contributed by atoms with Gasteiger partial charge in [-0.3, -0.25) is 14.4 Å². The van der Waals surface area contributed by atoms with Crippen LogP contribution in [0.25, 0.3) is 0 Å². The molecule has 4 atom stereocenters. The van der Waals surface area contributed by atoms with E-state index in [1.807, 2.05) is 39.0 Å². The highest BCUT2D eigenvalue weighted by molar-refractivity contribution is 7.88. The van der Waals surface area contributed by atoms with Crippen molar-refractivity contribution in [1.29, 1.82) is 0 Å². The Hall–Kier alpha value is -3.20. The highest BCUT2D eigenvalue weighted by Crippen LogP contribution is 2.31. The summed E-state index contributed by atoms with van der Waals surface area (Å²) in [6, 6.07) is 5.49. The first kappa shape index (κ1) is 35.0. The molecule has 0 saturated carbocycles. The molecule has 0 aromatic heterocycles. The van der Waals surface area contributed by atoms with E-state index in [9.17, 15) is 36.0 Å². The number of sulfonamides is 1. The standard InChI is InChI=1S/C25H38N4O5S.C2HF3O2/c1-16(28-35(5,33)34)22(30)27-21(25(2,3)4)24(32)29-15-9-14-20(29)23(31)26-19-13-8-11-17-10-6-7-12-18(17)19;3-2(4,5)1(6)7/h6-7,10,12,16,19-21,28H,8-9,11,13-15H2,1-5H3,(H,26,31)(H,27,30);(H,6,7)/t16-,19+,20-,21+;/m0./s1. The molecule has 15 heteroatoms. The molecule has 11 nitrogen and oxygen atoms in total. The summed E-state index contributed by atoms with van der Waals surface area (Å²) in [7, 11) is -3.59. The summed E-state index contributed by atoms with van der Waals surface area (Å²) in [5.41, 5.74) is 1.73. The summed E-state index contributed by atoms with van der Waals surface area (Å²) < 4.78 is 57.0. The molecular weight excluding hydrogens is 581 g/mol. The number of hydrogen-bond acceptors (Lipinski definition) is 6. The van der Waals surface area contributed by atoms with Crippen LogP contribution in [0.4, 0.5) is 13.2 Å². The molecule has 1 aromatic rings. The van der Waals surface area contributed by atoms with E-state index in [2.05, 4.69) is 21.4 Å². The summed E-state index contributed by atoms with van der Waals surface area (Å²) in [5.74, 6) is -3.86. The third kappa shape index (κ3) is 9.96. The summed E-state index contributed by atoms with van der Waals surface area (Å²) in [6.45, 7) is 7.34. The lowest BCUT2D eigenvalue weighted by atomic mass is 9.85. The molecule has 1 aliphatic heterocycles. The zero-order chi connectivity index (χ0) is 32.0. The van der Waals surface area contributed by atoms with Crippen molar-refractivity contribution in [3.63, 3.8) is 0 Å². The Kier molecular flexibility index (Phi) is 11.5. The third-order valence-corrected chi connectivity index (χ3v) is 7.73. The number of alkyl halides is 3. The molecule has 1 aliphatic carbocycles. The van der Waals surface area contributed by atoms with Gasteiger partial charge in [0.05, 0.1) is 18.3 Å². The van der Waals surface area contributed by atoms with Gasteiger partial charge in [0, 0.05) is 6.54 Å². The second-order valence-corrected chi connectivity index (χ2v) is 13.3. The van der Waals surface area contributed by atoms with Gasteiger partial charge in [-0.25, -0.2) is 17.9 Å². The SMILES string of the molecule is C[C@H](NS(C)(=O)=O)C(=O)N[C@H](C(=O)N1CCC[C@H]1C(=O)N[C@@H]1CCCc2ccccc21)C(C)(C)C.O=C(O)C(F)(F)F. The fourth-order valence-electron chi connectivity index (χ4n) is 4.93. The number of carbonyl (C=O) groups is 4. The number of carbonyl (C=O) groups excluding carboxylic acids is 3. The maximum absolute atomic E-state index is 13.6. The van der Waals surface area contributed by atoms with E-state index in [4.69, 9.17) is 9.90 Å². The molecule has 236 valence electrons. The van der Waals surface area contributed by atoms with Gasteiger partial charge in [0.1, 0.15) is 12.1 Å². The van der Waals surface area contributed by atoms with Crippen LogP contribution in [0.2, 0.25) is 0 Å². The van der Waals surface area contributed by atoms with Gasteiger partial charge in [0.15, 0.2) is 0 Å². The van der Waals surface area contributed by atoms with Gasteiger partial charge in [0.25, 0.3) is 0 Å². The first-order valence-electron chi connectivity index (χ1n) is 13.5. The molecule has 0 spiro atoms. The van der Waals surface area contributed by atoms with Crippen LogP contribution in [-0.4, -0.2) is 79.2 Å². The smallest absolute Gasteiger partial charge is 0.475 e. The molecular formula is C27H39F3N4O7S. The van der Waals surface area contributed by atoms with Crippen molar-refractivity contribution in [2.45, 2.75) is 90.1 Å². The average molecular weight is 621 g/mol. The number of likely N-dealkylation sites (tertiary alicyclic amines) is 1. The highest BCUT2D eigenvalue weighted by atomic mass is 32.2. The lowest BCUT2D eigenvalue weighted by molar-refractivity contribution is -0.192. The van der Waals surface area contributed by atoms with Gasteiger partial charge < -0.3 is 20.6 Å². The Balaban J connectivity index is 0.000000782. The molecule has 0 bridgehead atoms. The summed E-state index contributed by atoms with van der Waals surface area (Å²) in [6.07, 6.45) is -0.00931. The molecule has 4 N–H and O–H groups in total. The minimum Gasteiger partial charge on any atom is -0.475 e. The first-order chi connectivity index (χ1) is 19.2. The topological polar surface area (TPSA) is 162 Å². The van der Waals surface area contributed by atoms with Crippen molar-refractivity contribution >= 4 is 33.7 Å². The van der Waals surface area contributed by atoms with Gasteiger partial charge in [-0.1, -0.05) is 45.0 Å². The maximum atomic E-state index is 13.6. The Labute approximate surface area is 243 Å². The number of aliphatic carboxylic acids is 1. The molecule has 1 aromatic carbocycles. The summed E-state index contributed by atoms with van der Waals surface area (Å²) in [4.78, 5) is 50.1. The number of benzene rings is 1. The zero-order valence-electron chi connectivity index (χ0n) is 24.2. The average Bonchev–Trinajstić information content (AvgIpc) is 3.35. The lowest BCUT2D eigenvalue weighted by Crippen LogP contribution is -2.60. The van der Waals surface area contributed by atoms with Gasteiger partial charge >= 0.3 is 12.1 Å². The number of amides is 3. The largest absolute Gasteiger partial charge is 0.490 e.